The van der Waals surface area contributed by atoms with Gasteiger partial charge in [0.2, 0.25) is 15.8 Å². The number of nitrogens with zero attached hydrogens (tertiary/aromatic N) is 2. The van der Waals surface area contributed by atoms with Crippen molar-refractivity contribution in [2.75, 3.05) is 32.8 Å². The topological polar surface area (TPSA) is 122 Å². The summed E-state index contributed by atoms with van der Waals surface area (Å²) in [4.78, 5) is 15.0. The van der Waals surface area contributed by atoms with Gasteiger partial charge in [0, 0.05) is 36.0 Å². The van der Waals surface area contributed by atoms with Crippen LogP contribution in [0.5, 0.6) is 0 Å². The Balaban J connectivity index is 1.38. The van der Waals surface area contributed by atoms with Crippen molar-refractivity contribution in [3.05, 3.63) is 59.5 Å². The van der Waals surface area contributed by atoms with E-state index in [4.69, 9.17) is 4.74 Å². The number of morpholine rings is 1. The van der Waals surface area contributed by atoms with E-state index in [0.717, 1.165) is 11.8 Å². The third-order valence-corrected chi connectivity index (χ3v) is 10.7. The van der Waals surface area contributed by atoms with Gasteiger partial charge in [-0.05, 0) is 18.4 Å². The normalized spacial score (nSPS) is 28.7. The molecule has 1 aromatic carbocycles. The molecule has 2 aromatic rings. The van der Waals surface area contributed by atoms with Crippen LogP contribution in [0, 0.1) is 0 Å². The second-order valence-electron chi connectivity index (χ2n) is 9.30. The molecule has 1 aliphatic carbocycles. The third-order valence-electron chi connectivity index (χ3n) is 7.01. The maximum atomic E-state index is 13.5. The molecule has 0 spiro atoms. The van der Waals surface area contributed by atoms with E-state index in [1.807, 2.05) is 0 Å². The van der Waals surface area contributed by atoms with Crippen molar-refractivity contribution in [3.8, 4) is 0 Å². The van der Waals surface area contributed by atoms with E-state index in [0.29, 0.717) is 44.5 Å². The summed E-state index contributed by atoms with van der Waals surface area (Å²) < 4.78 is 76.6. The van der Waals surface area contributed by atoms with Crippen molar-refractivity contribution in [1.82, 2.24) is 14.8 Å². The van der Waals surface area contributed by atoms with Crippen molar-refractivity contribution in [3.63, 3.8) is 0 Å². The highest BCUT2D eigenvalue weighted by atomic mass is 32.3. The molecule has 2 fully saturated rings. The Labute approximate surface area is 215 Å². The summed E-state index contributed by atoms with van der Waals surface area (Å²) in [6.45, 7) is 2.53. The van der Waals surface area contributed by atoms with E-state index in [9.17, 15) is 31.5 Å². The van der Waals surface area contributed by atoms with Crippen LogP contribution in [-0.4, -0.2) is 72.5 Å². The predicted molar refractivity (Wildman–Crippen MR) is 128 cm³/mol. The van der Waals surface area contributed by atoms with Crippen molar-refractivity contribution in [2.24, 2.45) is 0 Å². The van der Waals surface area contributed by atoms with E-state index in [-0.39, 0.29) is 23.4 Å². The van der Waals surface area contributed by atoms with Crippen LogP contribution in [0.2, 0.25) is 0 Å². The molecule has 5 rings (SSSR count). The number of ether oxygens (including phenoxy) is 1. The first-order chi connectivity index (χ1) is 17.5. The van der Waals surface area contributed by atoms with Gasteiger partial charge in [0.1, 0.15) is 15.8 Å². The van der Waals surface area contributed by atoms with Gasteiger partial charge < -0.3 is 14.4 Å². The number of nitrogens with one attached hydrogen (secondary N) is 1. The summed E-state index contributed by atoms with van der Waals surface area (Å²) >= 11 is 0.807. The molecule has 2 N–H and O–H groups in total. The molecule has 0 bridgehead atoms. The second-order valence-corrected chi connectivity index (χ2v) is 12.7. The molecule has 9 nitrogen and oxygen atoms in total. The number of alkyl halides is 3. The fourth-order valence-electron chi connectivity index (χ4n) is 5.02. The third kappa shape index (κ3) is 4.80. The number of benzene rings is 1. The van der Waals surface area contributed by atoms with Gasteiger partial charge in [-0.3, -0.25) is 9.69 Å². The highest BCUT2D eigenvalue weighted by molar-refractivity contribution is 8.18. The minimum absolute atomic E-state index is 0.0267. The minimum atomic E-state index is -4.72. The number of hydrogen-bond donors (Lipinski definition) is 2. The smallest absolute Gasteiger partial charge is 0.452 e. The number of halogens is 3. The SMILES string of the molecule is O=C(O)C1(NS(=O)(=O)C2CC=C(c3cc(C(F)(F)F)on3)S2)CC1(CN1CCOCC1)c1ccccc1. The first-order valence-electron chi connectivity index (χ1n) is 11.5. The quantitative estimate of drug-likeness (QED) is 0.503. The molecule has 3 atom stereocenters. The molecule has 1 saturated carbocycles. The Hall–Kier alpha value is -2.39. The van der Waals surface area contributed by atoms with Gasteiger partial charge in [-0.25, -0.2) is 8.42 Å². The Bertz CT molecular complexity index is 1310. The van der Waals surface area contributed by atoms with Crippen molar-refractivity contribution < 1.29 is 40.8 Å². The Kier molecular flexibility index (Phi) is 6.67. The molecule has 14 heteroatoms. The lowest BCUT2D eigenvalue weighted by Crippen LogP contribution is -2.54. The molecule has 200 valence electrons. The molecule has 1 saturated heterocycles. The number of carboxylic acid groups (broad SMARTS) is 1. The minimum Gasteiger partial charge on any atom is -0.480 e. The number of aliphatic carboxylic acids is 1. The zero-order valence-electron chi connectivity index (χ0n) is 19.4. The first-order valence-corrected chi connectivity index (χ1v) is 13.9. The zero-order valence-corrected chi connectivity index (χ0v) is 21.0. The summed E-state index contributed by atoms with van der Waals surface area (Å²) in [6, 6.07) is 9.68. The standard InChI is InChI=1S/C23H24F3N3O6S2/c24-23(25,26)18-12-16(27-35-18)17-6-7-19(36-17)37(32,33)28-22(20(30)31)13-21(22,15-4-2-1-3-5-15)14-29-8-10-34-11-9-29/h1-6,12,19,28H,7-11,13-14H2,(H,30,31). The van der Waals surface area contributed by atoms with Crippen LogP contribution >= 0.6 is 11.8 Å². The number of hydrogen-bond acceptors (Lipinski definition) is 8. The number of thioether (sulfide) groups is 1. The van der Waals surface area contributed by atoms with Gasteiger partial charge in [0.05, 0.1) is 13.2 Å². The molecule has 2 aliphatic heterocycles. The lowest BCUT2D eigenvalue weighted by molar-refractivity contribution is -0.155. The van der Waals surface area contributed by atoms with Crippen LogP contribution in [0.1, 0.15) is 29.9 Å². The summed E-state index contributed by atoms with van der Waals surface area (Å²) in [6.07, 6.45) is -3.22. The van der Waals surface area contributed by atoms with Crippen LogP contribution in [0.15, 0.2) is 47.0 Å². The molecule has 3 unspecified atom stereocenters. The zero-order chi connectivity index (χ0) is 26.5. The number of carbonyl (C=O) groups is 1. The van der Waals surface area contributed by atoms with Gasteiger partial charge in [0.25, 0.3) is 0 Å². The molecule has 0 amide bonds. The van der Waals surface area contributed by atoms with E-state index < -0.39 is 43.5 Å². The van der Waals surface area contributed by atoms with Crippen LogP contribution in [-0.2, 0) is 31.1 Å². The average molecular weight is 560 g/mol. The largest absolute Gasteiger partial charge is 0.480 e. The molecule has 1 aromatic heterocycles. The number of allylic oxidation sites excluding steroid dienone is 1. The highest BCUT2D eigenvalue weighted by Crippen LogP contribution is 2.59. The van der Waals surface area contributed by atoms with E-state index in [1.54, 1.807) is 30.3 Å². The number of carboxylic acids is 1. The Morgan fingerprint density at radius 1 is 1.24 bits per heavy atom. The number of aromatic nitrogens is 1. The molecule has 3 aliphatic rings. The Morgan fingerprint density at radius 2 is 1.95 bits per heavy atom. The molecule has 3 heterocycles. The van der Waals surface area contributed by atoms with E-state index in [1.165, 1.54) is 6.08 Å². The summed E-state index contributed by atoms with van der Waals surface area (Å²) in [5.41, 5.74) is -2.18. The maximum Gasteiger partial charge on any atom is 0.452 e. The fourth-order valence-corrected chi connectivity index (χ4v) is 8.19. The highest BCUT2D eigenvalue weighted by Gasteiger charge is 2.75. The molecular formula is C23H24F3N3O6S2. The summed E-state index contributed by atoms with van der Waals surface area (Å²) in [5.74, 6) is -2.57. The van der Waals surface area contributed by atoms with E-state index >= 15 is 0 Å². The lowest BCUT2D eigenvalue weighted by Gasteiger charge is -2.33. The lowest BCUT2D eigenvalue weighted by atomic mass is 9.89. The van der Waals surface area contributed by atoms with Crippen LogP contribution in [0.4, 0.5) is 13.2 Å². The molecule has 0 radical (unpaired) electrons. The fraction of sp³-hybridized carbons (Fsp3) is 0.478. The van der Waals surface area contributed by atoms with Crippen molar-refractivity contribution in [1.29, 1.82) is 0 Å². The number of rotatable bonds is 8. The molecule has 37 heavy (non-hydrogen) atoms. The van der Waals surface area contributed by atoms with Gasteiger partial charge in [0.15, 0.2) is 0 Å². The van der Waals surface area contributed by atoms with Gasteiger partial charge in [-0.2, -0.15) is 17.9 Å². The second kappa shape index (κ2) is 9.42. The number of sulfonamides is 1. The maximum absolute atomic E-state index is 13.5. The van der Waals surface area contributed by atoms with Crippen molar-refractivity contribution >= 4 is 32.7 Å². The summed E-state index contributed by atoms with van der Waals surface area (Å²) in [7, 11) is -4.23. The predicted octanol–water partition coefficient (Wildman–Crippen LogP) is 2.91. The van der Waals surface area contributed by atoms with Gasteiger partial charge >= 0.3 is 12.1 Å². The first kappa shape index (κ1) is 26.2. The van der Waals surface area contributed by atoms with Crippen LogP contribution in [0.3, 0.4) is 0 Å². The molecular weight excluding hydrogens is 535 g/mol. The van der Waals surface area contributed by atoms with Crippen LogP contribution in [0.25, 0.3) is 4.91 Å². The monoisotopic (exact) mass is 559 g/mol. The average Bonchev–Trinajstić information content (AvgIpc) is 3.25. The van der Waals surface area contributed by atoms with Crippen molar-refractivity contribution in [2.45, 2.75) is 34.6 Å². The Morgan fingerprint density at radius 3 is 2.57 bits per heavy atom. The van der Waals surface area contributed by atoms with Gasteiger partial charge in [-0.15, -0.1) is 11.8 Å². The van der Waals surface area contributed by atoms with Crippen LogP contribution < -0.4 is 4.72 Å². The summed E-state index contributed by atoms with van der Waals surface area (Å²) in [5, 5.41) is 13.7. The van der Waals surface area contributed by atoms with Gasteiger partial charge in [-0.1, -0.05) is 41.6 Å². The van der Waals surface area contributed by atoms with E-state index in [2.05, 4.69) is 19.3 Å².